The molecule has 0 bridgehead atoms. The number of halogens is 1. The van der Waals surface area contributed by atoms with Crippen LogP contribution in [-0.4, -0.2) is 29.2 Å². The highest BCUT2D eigenvalue weighted by Gasteiger charge is 2.13. The van der Waals surface area contributed by atoms with Gasteiger partial charge in [0.1, 0.15) is 11.0 Å². The number of carbonyl (C=O) groups is 1. The highest BCUT2D eigenvalue weighted by Crippen LogP contribution is 2.28. The maximum atomic E-state index is 11.8. The number of nitrogens with zero attached hydrogens (tertiary/aromatic N) is 2. The molecule has 1 amide bonds. The smallest absolute Gasteiger partial charge is 0.254 e. The molecular weight excluding hydrogens is 296 g/mol. The Morgan fingerprint density at radius 3 is 2.90 bits per heavy atom. The van der Waals surface area contributed by atoms with Crippen molar-refractivity contribution in [1.29, 1.82) is 0 Å². The van der Waals surface area contributed by atoms with Crippen LogP contribution < -0.4 is 10.6 Å². The summed E-state index contributed by atoms with van der Waals surface area (Å²) in [4.78, 5) is 21.0. The van der Waals surface area contributed by atoms with Gasteiger partial charge < -0.3 is 10.6 Å². The molecule has 20 heavy (non-hydrogen) atoms. The molecule has 0 saturated carbocycles. The largest absolute Gasteiger partial charge is 0.355 e. The standard InChI is InChI=1S/C13H13ClN4OS/c1-15-13(19)8-7-17-11(14)6-9(8)18-12-10(20-2)4-3-5-16-12/h3-7H,1-2H3,(H,15,19)(H,16,17,18). The molecule has 0 aliphatic carbocycles. The highest BCUT2D eigenvalue weighted by atomic mass is 35.5. The average molecular weight is 309 g/mol. The fourth-order valence-electron chi connectivity index (χ4n) is 1.63. The first-order valence-electron chi connectivity index (χ1n) is 5.79. The van der Waals surface area contributed by atoms with Crippen LogP contribution in [0.3, 0.4) is 0 Å². The third-order valence-electron chi connectivity index (χ3n) is 2.59. The lowest BCUT2D eigenvalue weighted by molar-refractivity contribution is 0.0963. The topological polar surface area (TPSA) is 66.9 Å². The van der Waals surface area contributed by atoms with Gasteiger partial charge in [0.15, 0.2) is 0 Å². The van der Waals surface area contributed by atoms with Gasteiger partial charge in [-0.1, -0.05) is 11.6 Å². The fourth-order valence-corrected chi connectivity index (χ4v) is 2.30. The van der Waals surface area contributed by atoms with Crippen molar-refractivity contribution >= 4 is 40.8 Å². The van der Waals surface area contributed by atoms with Crippen LogP contribution >= 0.6 is 23.4 Å². The molecule has 2 N–H and O–H groups in total. The van der Waals surface area contributed by atoms with Gasteiger partial charge in [-0.15, -0.1) is 11.8 Å². The van der Waals surface area contributed by atoms with Crippen molar-refractivity contribution < 1.29 is 4.79 Å². The number of aromatic nitrogens is 2. The van der Waals surface area contributed by atoms with Crippen molar-refractivity contribution in [2.24, 2.45) is 0 Å². The van der Waals surface area contributed by atoms with E-state index < -0.39 is 0 Å². The predicted molar refractivity (Wildman–Crippen MR) is 81.9 cm³/mol. The Morgan fingerprint density at radius 2 is 2.20 bits per heavy atom. The lowest BCUT2D eigenvalue weighted by atomic mass is 10.2. The molecule has 0 fully saturated rings. The molecule has 2 heterocycles. The Morgan fingerprint density at radius 1 is 1.40 bits per heavy atom. The third-order valence-corrected chi connectivity index (χ3v) is 3.56. The van der Waals surface area contributed by atoms with Crippen LogP contribution in [0.1, 0.15) is 10.4 Å². The number of hydrogen-bond acceptors (Lipinski definition) is 5. The molecule has 0 unspecified atom stereocenters. The van der Waals surface area contributed by atoms with E-state index in [1.54, 1.807) is 31.1 Å². The second-order valence-electron chi connectivity index (χ2n) is 3.81. The third kappa shape index (κ3) is 3.20. The number of carbonyl (C=O) groups excluding carboxylic acids is 1. The molecule has 0 saturated heterocycles. The molecular formula is C13H13ClN4OS. The van der Waals surface area contributed by atoms with Crippen LogP contribution in [0.15, 0.2) is 35.5 Å². The SMILES string of the molecule is CNC(=O)c1cnc(Cl)cc1Nc1ncccc1SC. The zero-order valence-electron chi connectivity index (χ0n) is 11.0. The van der Waals surface area contributed by atoms with Gasteiger partial charge in [0, 0.05) is 24.3 Å². The van der Waals surface area contributed by atoms with Crippen LogP contribution in [0, 0.1) is 0 Å². The van der Waals surface area contributed by atoms with E-state index in [1.165, 1.54) is 6.20 Å². The lowest BCUT2D eigenvalue weighted by Crippen LogP contribution is -2.19. The van der Waals surface area contributed by atoms with Crippen molar-refractivity contribution in [1.82, 2.24) is 15.3 Å². The number of nitrogens with one attached hydrogen (secondary N) is 2. The summed E-state index contributed by atoms with van der Waals surface area (Å²) < 4.78 is 0. The van der Waals surface area contributed by atoms with Crippen molar-refractivity contribution in [2.75, 3.05) is 18.6 Å². The maximum Gasteiger partial charge on any atom is 0.254 e. The number of anilines is 2. The molecule has 2 aromatic rings. The molecule has 0 spiro atoms. The summed E-state index contributed by atoms with van der Waals surface area (Å²) in [6.45, 7) is 0. The quantitative estimate of drug-likeness (QED) is 0.671. The van der Waals surface area contributed by atoms with Gasteiger partial charge >= 0.3 is 0 Å². The Bertz CT molecular complexity index is 636. The van der Waals surface area contributed by atoms with E-state index in [0.717, 1.165) is 4.90 Å². The first-order chi connectivity index (χ1) is 9.65. The molecule has 2 aromatic heterocycles. The van der Waals surface area contributed by atoms with Gasteiger partial charge in [-0.3, -0.25) is 4.79 Å². The summed E-state index contributed by atoms with van der Waals surface area (Å²) in [5, 5.41) is 6.01. The Labute approximate surface area is 126 Å². The van der Waals surface area contributed by atoms with Crippen LogP contribution in [0.4, 0.5) is 11.5 Å². The average Bonchev–Trinajstić information content (AvgIpc) is 2.47. The van der Waals surface area contributed by atoms with E-state index >= 15 is 0 Å². The maximum absolute atomic E-state index is 11.8. The van der Waals surface area contributed by atoms with Crippen molar-refractivity contribution in [3.8, 4) is 0 Å². The summed E-state index contributed by atoms with van der Waals surface area (Å²) in [6, 6.07) is 5.41. The predicted octanol–water partition coefficient (Wildman–Crippen LogP) is 2.96. The minimum atomic E-state index is -0.238. The van der Waals surface area contributed by atoms with Crippen LogP contribution in [0.5, 0.6) is 0 Å². The molecule has 0 aromatic carbocycles. The second-order valence-corrected chi connectivity index (χ2v) is 5.05. The summed E-state index contributed by atoms with van der Waals surface area (Å²) in [5.41, 5.74) is 0.980. The zero-order valence-corrected chi connectivity index (χ0v) is 12.5. The normalized spacial score (nSPS) is 10.2. The van der Waals surface area contributed by atoms with E-state index in [4.69, 9.17) is 11.6 Å². The Balaban J connectivity index is 2.42. The minimum Gasteiger partial charge on any atom is -0.355 e. The van der Waals surface area contributed by atoms with E-state index in [0.29, 0.717) is 22.2 Å². The Hall–Kier alpha value is -1.79. The summed E-state index contributed by atoms with van der Waals surface area (Å²) >= 11 is 7.46. The number of hydrogen-bond donors (Lipinski definition) is 2. The van der Waals surface area contributed by atoms with Crippen LogP contribution in [0.25, 0.3) is 0 Å². The van der Waals surface area contributed by atoms with Gasteiger partial charge in [0.25, 0.3) is 5.91 Å². The molecule has 5 nitrogen and oxygen atoms in total. The number of pyridine rings is 2. The molecule has 0 atom stereocenters. The lowest BCUT2D eigenvalue weighted by Gasteiger charge is -2.12. The number of thioether (sulfide) groups is 1. The summed E-state index contributed by atoms with van der Waals surface area (Å²) in [7, 11) is 1.56. The fraction of sp³-hybridized carbons (Fsp3) is 0.154. The van der Waals surface area contributed by atoms with Crippen molar-refractivity contribution in [3.05, 3.63) is 41.3 Å². The first kappa shape index (κ1) is 14.6. The molecule has 2 rings (SSSR count). The zero-order chi connectivity index (χ0) is 14.5. The first-order valence-corrected chi connectivity index (χ1v) is 7.39. The minimum absolute atomic E-state index is 0.238. The molecule has 0 radical (unpaired) electrons. The molecule has 104 valence electrons. The van der Waals surface area contributed by atoms with Gasteiger partial charge in [-0.25, -0.2) is 9.97 Å². The van der Waals surface area contributed by atoms with Gasteiger partial charge in [0.2, 0.25) is 0 Å². The van der Waals surface area contributed by atoms with E-state index in [2.05, 4.69) is 20.6 Å². The van der Waals surface area contributed by atoms with E-state index in [-0.39, 0.29) is 5.91 Å². The molecule has 0 aliphatic rings. The number of rotatable bonds is 4. The summed E-state index contributed by atoms with van der Waals surface area (Å²) in [5.74, 6) is 0.436. The summed E-state index contributed by atoms with van der Waals surface area (Å²) in [6.07, 6.45) is 5.08. The van der Waals surface area contributed by atoms with Crippen molar-refractivity contribution in [3.63, 3.8) is 0 Å². The van der Waals surface area contributed by atoms with E-state index in [9.17, 15) is 4.79 Å². The van der Waals surface area contributed by atoms with E-state index in [1.807, 2.05) is 18.4 Å². The molecule has 0 aliphatic heterocycles. The highest BCUT2D eigenvalue weighted by molar-refractivity contribution is 7.98. The monoisotopic (exact) mass is 308 g/mol. The number of amides is 1. The van der Waals surface area contributed by atoms with Gasteiger partial charge in [0.05, 0.1) is 11.3 Å². The van der Waals surface area contributed by atoms with Gasteiger partial charge in [-0.05, 0) is 24.5 Å². The Kier molecular flexibility index (Phi) is 4.81. The van der Waals surface area contributed by atoms with Crippen LogP contribution in [-0.2, 0) is 0 Å². The second kappa shape index (κ2) is 6.58. The van der Waals surface area contributed by atoms with Crippen LogP contribution in [0.2, 0.25) is 5.15 Å². The van der Waals surface area contributed by atoms with Gasteiger partial charge in [-0.2, -0.15) is 0 Å². The molecule has 7 heteroatoms. The van der Waals surface area contributed by atoms with Crippen molar-refractivity contribution in [2.45, 2.75) is 4.90 Å².